The Morgan fingerprint density at radius 3 is 2.48 bits per heavy atom. The number of hydrogen-bond acceptors (Lipinski definition) is 4. The number of aryl methyl sites for hydroxylation is 1. The molecule has 1 aliphatic carbocycles. The molecule has 0 radical (unpaired) electrons. The van der Waals surface area contributed by atoms with Gasteiger partial charge in [0.05, 0.1) is 23.0 Å². The third-order valence-electron chi connectivity index (χ3n) is 5.09. The monoisotopic (exact) mass is 411 g/mol. The summed E-state index contributed by atoms with van der Waals surface area (Å²) in [5.41, 5.74) is 2.91. The molecule has 0 spiro atoms. The molecule has 29 heavy (non-hydrogen) atoms. The van der Waals surface area contributed by atoms with Crippen molar-refractivity contribution < 1.29 is 9.84 Å². The van der Waals surface area contributed by atoms with Crippen molar-refractivity contribution in [3.63, 3.8) is 0 Å². The molecule has 1 fully saturated rings. The first-order valence-electron chi connectivity index (χ1n) is 10.0. The minimum absolute atomic E-state index is 0.374. The maximum Gasteiger partial charge on any atom is 0.227 e. The van der Waals surface area contributed by atoms with E-state index in [-0.39, 0.29) is 6.10 Å². The van der Waals surface area contributed by atoms with Crippen molar-refractivity contribution in [1.82, 2.24) is 14.7 Å². The molecule has 1 unspecified atom stereocenters. The molecular weight excluding hydrogens is 386 g/mol. The first kappa shape index (κ1) is 20.0. The summed E-state index contributed by atoms with van der Waals surface area (Å²) < 4.78 is 8.18. The van der Waals surface area contributed by atoms with E-state index in [1.807, 2.05) is 73.1 Å². The first-order chi connectivity index (χ1) is 14.0. The van der Waals surface area contributed by atoms with Crippen molar-refractivity contribution in [2.24, 2.45) is 0 Å². The lowest BCUT2D eigenvalue weighted by atomic mass is 10.2. The summed E-state index contributed by atoms with van der Waals surface area (Å²) in [5.74, 6) is 1.41. The van der Waals surface area contributed by atoms with Crippen LogP contribution in [0.4, 0.5) is 0 Å². The highest BCUT2D eigenvalue weighted by Crippen LogP contribution is 2.35. The molecule has 6 heteroatoms. The Morgan fingerprint density at radius 1 is 1.17 bits per heavy atom. The van der Waals surface area contributed by atoms with E-state index in [1.165, 1.54) is 12.8 Å². The number of nitrogens with zero attached hydrogens (tertiary/aromatic N) is 3. The highest BCUT2D eigenvalue weighted by Gasteiger charge is 2.32. The number of ether oxygens (including phenoxy) is 1. The van der Waals surface area contributed by atoms with Crippen LogP contribution in [0, 0.1) is 6.92 Å². The summed E-state index contributed by atoms with van der Waals surface area (Å²) >= 11 is 6.03. The molecule has 1 atom stereocenters. The lowest BCUT2D eigenvalue weighted by molar-refractivity contribution is 0.117. The van der Waals surface area contributed by atoms with Crippen LogP contribution in [0.15, 0.2) is 54.6 Å². The van der Waals surface area contributed by atoms with Gasteiger partial charge in [-0.15, -0.1) is 0 Å². The fourth-order valence-corrected chi connectivity index (χ4v) is 3.63. The number of rotatable bonds is 8. The normalized spacial score (nSPS) is 14.9. The molecule has 1 N–H and O–H groups in total. The van der Waals surface area contributed by atoms with Gasteiger partial charge in [0, 0.05) is 24.2 Å². The number of aliphatic hydroxyl groups is 1. The van der Waals surface area contributed by atoms with E-state index in [2.05, 4.69) is 4.90 Å². The summed E-state index contributed by atoms with van der Waals surface area (Å²) in [5, 5.41) is 15.4. The molecule has 2 aromatic carbocycles. The third kappa shape index (κ3) is 4.81. The zero-order valence-electron chi connectivity index (χ0n) is 16.8. The number of aliphatic hydroxyl groups excluding tert-OH is 1. The van der Waals surface area contributed by atoms with Crippen LogP contribution in [-0.4, -0.2) is 38.5 Å². The first-order valence-corrected chi connectivity index (χ1v) is 10.4. The quantitative estimate of drug-likeness (QED) is 0.568. The van der Waals surface area contributed by atoms with Crippen LogP contribution in [0.1, 0.15) is 31.0 Å². The zero-order chi connectivity index (χ0) is 20.4. The summed E-state index contributed by atoms with van der Waals surface area (Å²) in [6.07, 6.45) is 1.97. The second-order valence-electron chi connectivity index (χ2n) is 7.68. The Kier molecular flexibility index (Phi) is 5.90. The summed E-state index contributed by atoms with van der Waals surface area (Å²) in [7, 11) is 0. The van der Waals surface area contributed by atoms with E-state index in [0.717, 1.165) is 16.9 Å². The lowest BCUT2D eigenvalue weighted by Crippen LogP contribution is -2.32. The fraction of sp³-hybridized carbons (Fsp3) is 0.348. The molecule has 3 aromatic rings. The van der Waals surface area contributed by atoms with Gasteiger partial charge >= 0.3 is 0 Å². The van der Waals surface area contributed by atoms with Gasteiger partial charge in [0.1, 0.15) is 5.75 Å². The molecule has 1 aromatic heterocycles. The van der Waals surface area contributed by atoms with Crippen molar-refractivity contribution >= 4 is 11.6 Å². The van der Waals surface area contributed by atoms with Crippen LogP contribution in [-0.2, 0) is 6.54 Å². The zero-order valence-corrected chi connectivity index (χ0v) is 17.5. The third-order valence-corrected chi connectivity index (χ3v) is 5.34. The molecular formula is C23H26ClN3O2. The molecule has 1 saturated carbocycles. The second kappa shape index (κ2) is 8.57. The highest BCUT2D eigenvalue weighted by atomic mass is 35.5. The van der Waals surface area contributed by atoms with Gasteiger partial charge in [-0.2, -0.15) is 5.10 Å². The number of para-hydroxylation sites is 1. The van der Waals surface area contributed by atoms with E-state index >= 15 is 0 Å². The van der Waals surface area contributed by atoms with Gasteiger partial charge in [-0.1, -0.05) is 29.8 Å². The van der Waals surface area contributed by atoms with Crippen LogP contribution in [0.25, 0.3) is 5.69 Å². The van der Waals surface area contributed by atoms with Crippen LogP contribution in [0.2, 0.25) is 5.02 Å². The van der Waals surface area contributed by atoms with Crippen molar-refractivity contribution in [3.8, 4) is 17.3 Å². The van der Waals surface area contributed by atoms with Crippen LogP contribution in [0.3, 0.4) is 0 Å². The fourth-order valence-electron chi connectivity index (χ4n) is 3.51. The van der Waals surface area contributed by atoms with Gasteiger partial charge in [-0.05, 0) is 63.1 Å². The maximum absolute atomic E-state index is 9.95. The highest BCUT2D eigenvalue weighted by molar-refractivity contribution is 6.30. The van der Waals surface area contributed by atoms with Crippen LogP contribution >= 0.6 is 11.6 Å². The smallest absolute Gasteiger partial charge is 0.227 e. The average Bonchev–Trinajstić information content (AvgIpc) is 3.51. The molecule has 1 heterocycles. The number of hydrogen-bond donors (Lipinski definition) is 1. The maximum atomic E-state index is 9.95. The minimum Gasteiger partial charge on any atom is -0.439 e. The Morgan fingerprint density at radius 2 is 1.86 bits per heavy atom. The topological polar surface area (TPSA) is 50.5 Å². The molecule has 0 aliphatic heterocycles. The standard InChI is InChI=1S/C23H26ClN3O2/c1-16(28)14-26(19-10-11-19)15-22-17(2)25-27(20-6-4-3-5-7-20)23(22)29-21-12-8-18(24)9-13-21/h3-9,12-13,16,19,28H,10-11,14-15H2,1-2H3. The predicted molar refractivity (Wildman–Crippen MR) is 115 cm³/mol. The van der Waals surface area contributed by atoms with Gasteiger partial charge < -0.3 is 9.84 Å². The van der Waals surface area contributed by atoms with Gasteiger partial charge in [0.2, 0.25) is 5.88 Å². The van der Waals surface area contributed by atoms with Crippen molar-refractivity contribution in [1.29, 1.82) is 0 Å². The van der Waals surface area contributed by atoms with Crippen LogP contribution < -0.4 is 4.74 Å². The van der Waals surface area contributed by atoms with Gasteiger partial charge in [0.25, 0.3) is 0 Å². The van der Waals surface area contributed by atoms with E-state index in [9.17, 15) is 5.11 Å². The molecule has 4 rings (SSSR count). The number of halogens is 1. The van der Waals surface area contributed by atoms with Crippen molar-refractivity contribution in [3.05, 3.63) is 70.9 Å². The van der Waals surface area contributed by atoms with Gasteiger partial charge in [-0.3, -0.25) is 4.90 Å². The van der Waals surface area contributed by atoms with E-state index in [0.29, 0.717) is 35.8 Å². The summed E-state index contributed by atoms with van der Waals surface area (Å²) in [6, 6.07) is 17.9. The SMILES string of the molecule is Cc1nn(-c2ccccc2)c(Oc2ccc(Cl)cc2)c1CN(CC(C)O)C1CC1. The minimum atomic E-state index is -0.374. The van der Waals surface area contributed by atoms with Gasteiger partial charge in [0.15, 0.2) is 0 Å². The largest absolute Gasteiger partial charge is 0.439 e. The Bertz CT molecular complexity index is 950. The van der Waals surface area contributed by atoms with E-state index < -0.39 is 0 Å². The predicted octanol–water partition coefficient (Wildman–Crippen LogP) is 4.97. The molecule has 0 amide bonds. The number of aromatic nitrogens is 2. The molecule has 5 nitrogen and oxygen atoms in total. The molecule has 0 bridgehead atoms. The Hall–Kier alpha value is -2.34. The summed E-state index contributed by atoms with van der Waals surface area (Å²) in [6.45, 7) is 5.18. The van der Waals surface area contributed by atoms with E-state index in [1.54, 1.807) is 0 Å². The summed E-state index contributed by atoms with van der Waals surface area (Å²) in [4.78, 5) is 2.33. The second-order valence-corrected chi connectivity index (χ2v) is 8.12. The van der Waals surface area contributed by atoms with Gasteiger partial charge in [-0.25, -0.2) is 4.68 Å². The lowest BCUT2D eigenvalue weighted by Gasteiger charge is -2.24. The Balaban J connectivity index is 1.73. The Labute approximate surface area is 176 Å². The van der Waals surface area contributed by atoms with Crippen molar-refractivity contribution in [2.75, 3.05) is 6.54 Å². The number of benzene rings is 2. The molecule has 1 aliphatic rings. The molecule has 152 valence electrons. The average molecular weight is 412 g/mol. The van der Waals surface area contributed by atoms with Crippen molar-refractivity contribution in [2.45, 2.75) is 45.4 Å². The van der Waals surface area contributed by atoms with Crippen LogP contribution in [0.5, 0.6) is 11.6 Å². The van der Waals surface area contributed by atoms with E-state index in [4.69, 9.17) is 21.4 Å². The molecule has 0 saturated heterocycles.